The van der Waals surface area contributed by atoms with Crippen LogP contribution in [0.1, 0.15) is 31.1 Å². The van der Waals surface area contributed by atoms with Gasteiger partial charge in [0.25, 0.3) is 11.8 Å². The number of amides is 2. The molecule has 2 amide bonds. The van der Waals surface area contributed by atoms with Gasteiger partial charge >= 0.3 is 5.97 Å². The van der Waals surface area contributed by atoms with E-state index in [1.54, 1.807) is 0 Å². The Kier molecular flexibility index (Phi) is 3.39. The topological polar surface area (TPSA) is 74.7 Å². The first-order valence-corrected chi connectivity index (χ1v) is 6.87. The molecule has 0 unspecified atom stereocenters. The predicted octanol–water partition coefficient (Wildman–Crippen LogP) is 3.49. The van der Waals surface area contributed by atoms with Crippen molar-refractivity contribution in [1.29, 1.82) is 0 Å². The number of halogens is 2. The van der Waals surface area contributed by atoms with Gasteiger partial charge in [-0.15, -0.1) is 0 Å². The Morgan fingerprint density at radius 1 is 0.909 bits per heavy atom. The summed E-state index contributed by atoms with van der Waals surface area (Å²) in [6, 6.07) is 8.18. The quantitative estimate of drug-likeness (QED) is 0.852. The zero-order chi connectivity index (χ0) is 16.0. The van der Waals surface area contributed by atoms with Gasteiger partial charge in [-0.3, -0.25) is 9.59 Å². The number of imide groups is 1. The minimum atomic E-state index is -1.17. The number of hydrogen-bond donors (Lipinski definition) is 1. The molecule has 2 aromatic rings. The van der Waals surface area contributed by atoms with E-state index < -0.39 is 17.8 Å². The molecule has 1 N–H and O–H groups in total. The fraction of sp³-hybridized carbons (Fsp3) is 0. The first kappa shape index (κ1) is 14.6. The lowest BCUT2D eigenvalue weighted by molar-refractivity contribution is 0.0696. The Morgan fingerprint density at radius 3 is 2.23 bits per heavy atom. The van der Waals surface area contributed by atoms with Gasteiger partial charge in [-0.25, -0.2) is 9.69 Å². The van der Waals surface area contributed by atoms with Gasteiger partial charge in [-0.05, 0) is 36.4 Å². The summed E-state index contributed by atoms with van der Waals surface area (Å²) in [5.41, 5.74) is 0.422. The van der Waals surface area contributed by atoms with E-state index in [1.165, 1.54) is 36.4 Å². The van der Waals surface area contributed by atoms with Crippen molar-refractivity contribution in [3.63, 3.8) is 0 Å². The summed E-state index contributed by atoms with van der Waals surface area (Å²) in [7, 11) is 0. The van der Waals surface area contributed by atoms with E-state index in [4.69, 9.17) is 28.3 Å². The van der Waals surface area contributed by atoms with Gasteiger partial charge in [0.2, 0.25) is 0 Å². The van der Waals surface area contributed by atoms with Crippen molar-refractivity contribution >= 4 is 46.7 Å². The maximum absolute atomic E-state index is 12.4. The van der Waals surface area contributed by atoms with Crippen molar-refractivity contribution in [3.05, 3.63) is 63.1 Å². The first-order valence-electron chi connectivity index (χ1n) is 6.11. The fourth-order valence-electron chi connectivity index (χ4n) is 2.23. The summed E-state index contributed by atoms with van der Waals surface area (Å²) in [6.45, 7) is 0. The third-order valence-electron chi connectivity index (χ3n) is 3.29. The summed E-state index contributed by atoms with van der Waals surface area (Å²) in [4.78, 5) is 36.7. The molecule has 0 bridgehead atoms. The van der Waals surface area contributed by atoms with E-state index in [2.05, 4.69) is 0 Å². The number of nitrogens with zero attached hydrogens (tertiary/aromatic N) is 1. The average Bonchev–Trinajstić information content (AvgIpc) is 2.73. The van der Waals surface area contributed by atoms with Gasteiger partial charge in [0.05, 0.1) is 32.4 Å². The summed E-state index contributed by atoms with van der Waals surface area (Å²) in [5.74, 6) is -2.30. The lowest BCUT2D eigenvalue weighted by Crippen LogP contribution is -2.29. The Morgan fingerprint density at radius 2 is 1.59 bits per heavy atom. The van der Waals surface area contributed by atoms with Crippen LogP contribution in [0.3, 0.4) is 0 Å². The number of carbonyl (C=O) groups excluding carboxylic acids is 2. The average molecular weight is 336 g/mol. The molecular formula is C15H7Cl2NO4. The summed E-state index contributed by atoms with van der Waals surface area (Å²) in [6.07, 6.45) is 0. The van der Waals surface area contributed by atoms with Crippen LogP contribution in [0.5, 0.6) is 0 Å². The van der Waals surface area contributed by atoms with Crippen molar-refractivity contribution in [2.45, 2.75) is 0 Å². The third kappa shape index (κ3) is 2.15. The van der Waals surface area contributed by atoms with Crippen LogP contribution in [0.4, 0.5) is 5.69 Å². The van der Waals surface area contributed by atoms with Crippen molar-refractivity contribution < 1.29 is 19.5 Å². The van der Waals surface area contributed by atoms with E-state index in [1.807, 2.05) is 0 Å². The van der Waals surface area contributed by atoms with Crippen molar-refractivity contribution in [2.75, 3.05) is 4.90 Å². The molecule has 0 aromatic heterocycles. The Hall–Kier alpha value is -2.37. The zero-order valence-electron chi connectivity index (χ0n) is 10.8. The number of carbonyl (C=O) groups is 3. The molecule has 5 nitrogen and oxygen atoms in total. The molecule has 0 spiro atoms. The first-order chi connectivity index (χ1) is 10.4. The van der Waals surface area contributed by atoms with E-state index >= 15 is 0 Å². The van der Waals surface area contributed by atoms with Crippen LogP contribution in [0.25, 0.3) is 0 Å². The number of carboxylic acid groups (broad SMARTS) is 1. The maximum atomic E-state index is 12.4. The van der Waals surface area contributed by atoms with Crippen LogP contribution in [0.15, 0.2) is 36.4 Å². The number of hydrogen-bond acceptors (Lipinski definition) is 3. The molecule has 22 heavy (non-hydrogen) atoms. The second kappa shape index (κ2) is 5.12. The molecule has 1 aliphatic rings. The van der Waals surface area contributed by atoms with Gasteiger partial charge < -0.3 is 5.11 Å². The van der Waals surface area contributed by atoms with E-state index in [0.29, 0.717) is 5.02 Å². The summed E-state index contributed by atoms with van der Waals surface area (Å²) < 4.78 is 0. The van der Waals surface area contributed by atoms with Gasteiger partial charge in [-0.2, -0.15) is 0 Å². The molecule has 0 saturated heterocycles. The molecule has 0 radical (unpaired) electrons. The highest BCUT2D eigenvalue weighted by Gasteiger charge is 2.37. The molecule has 110 valence electrons. The molecule has 2 aromatic carbocycles. The molecule has 1 heterocycles. The molecule has 1 aliphatic heterocycles. The van der Waals surface area contributed by atoms with Crippen LogP contribution >= 0.6 is 23.2 Å². The standard InChI is InChI=1S/C15H7Cl2NO4/c16-11-4-2-8(6-12(11)17)18-13(19)9-3-1-7(15(21)22)5-10(9)14(18)20/h1-6H,(H,21,22). The Balaban J connectivity index is 2.09. The second-order valence-corrected chi connectivity index (χ2v) is 5.42. The van der Waals surface area contributed by atoms with E-state index in [-0.39, 0.29) is 27.4 Å². The highest BCUT2D eigenvalue weighted by molar-refractivity contribution is 6.42. The van der Waals surface area contributed by atoms with Crippen LogP contribution in [0.2, 0.25) is 10.0 Å². The highest BCUT2D eigenvalue weighted by atomic mass is 35.5. The Bertz CT molecular complexity index is 847. The lowest BCUT2D eigenvalue weighted by Gasteiger charge is -2.14. The number of carboxylic acids is 1. The normalized spacial score (nSPS) is 13.5. The fourth-order valence-corrected chi connectivity index (χ4v) is 2.52. The largest absolute Gasteiger partial charge is 0.478 e. The molecule has 0 fully saturated rings. The molecule has 7 heteroatoms. The minimum absolute atomic E-state index is 0.0518. The van der Waals surface area contributed by atoms with Crippen molar-refractivity contribution in [1.82, 2.24) is 0 Å². The monoisotopic (exact) mass is 335 g/mol. The molecule has 0 aliphatic carbocycles. The van der Waals surface area contributed by atoms with Gasteiger partial charge in [0, 0.05) is 0 Å². The Labute approximate surface area is 134 Å². The number of anilines is 1. The number of fused-ring (bicyclic) bond motifs is 1. The van der Waals surface area contributed by atoms with Crippen molar-refractivity contribution in [3.8, 4) is 0 Å². The molecule has 0 atom stereocenters. The number of benzene rings is 2. The van der Waals surface area contributed by atoms with Gasteiger partial charge in [-0.1, -0.05) is 23.2 Å². The molecular weight excluding hydrogens is 329 g/mol. The molecule has 0 saturated carbocycles. The van der Waals surface area contributed by atoms with Gasteiger partial charge in [0.1, 0.15) is 0 Å². The summed E-state index contributed by atoms with van der Waals surface area (Å²) >= 11 is 11.7. The maximum Gasteiger partial charge on any atom is 0.335 e. The van der Waals surface area contributed by atoms with Crippen LogP contribution in [-0.2, 0) is 0 Å². The second-order valence-electron chi connectivity index (χ2n) is 4.61. The third-order valence-corrected chi connectivity index (χ3v) is 4.03. The minimum Gasteiger partial charge on any atom is -0.478 e. The number of aromatic carboxylic acids is 1. The molecule has 3 rings (SSSR count). The SMILES string of the molecule is O=C(O)c1ccc2c(c1)C(=O)N(c1ccc(Cl)c(Cl)c1)C2=O. The van der Waals surface area contributed by atoms with Crippen LogP contribution < -0.4 is 4.90 Å². The van der Waals surface area contributed by atoms with E-state index in [9.17, 15) is 14.4 Å². The lowest BCUT2D eigenvalue weighted by atomic mass is 10.1. The highest BCUT2D eigenvalue weighted by Crippen LogP contribution is 2.33. The smallest absolute Gasteiger partial charge is 0.335 e. The van der Waals surface area contributed by atoms with E-state index in [0.717, 1.165) is 4.90 Å². The van der Waals surface area contributed by atoms with Crippen LogP contribution in [-0.4, -0.2) is 22.9 Å². The van der Waals surface area contributed by atoms with Gasteiger partial charge in [0.15, 0.2) is 0 Å². The van der Waals surface area contributed by atoms with Crippen LogP contribution in [0, 0.1) is 0 Å². The predicted molar refractivity (Wildman–Crippen MR) is 81.0 cm³/mol. The van der Waals surface area contributed by atoms with Crippen molar-refractivity contribution in [2.24, 2.45) is 0 Å². The summed E-state index contributed by atoms with van der Waals surface area (Å²) in [5, 5.41) is 9.49. The zero-order valence-corrected chi connectivity index (χ0v) is 12.4. The number of rotatable bonds is 2.